The Bertz CT molecular complexity index is 2460. The highest BCUT2D eigenvalue weighted by atomic mass is 15.1. The highest BCUT2D eigenvalue weighted by molar-refractivity contribution is 6.11. The summed E-state index contributed by atoms with van der Waals surface area (Å²) in [6.45, 7) is 4.79. The highest BCUT2D eigenvalue weighted by Crippen LogP contribution is 2.55. The summed E-state index contributed by atoms with van der Waals surface area (Å²) in [5.74, 6) is 0. The average molecular weight is 614 g/mol. The first kappa shape index (κ1) is 28.3. The summed E-state index contributed by atoms with van der Waals surface area (Å²) in [6.07, 6.45) is 0. The molecule has 0 saturated heterocycles. The summed E-state index contributed by atoms with van der Waals surface area (Å²) in [6, 6.07) is 64.4. The van der Waals surface area contributed by atoms with E-state index in [2.05, 4.69) is 195 Å². The van der Waals surface area contributed by atoms with Gasteiger partial charge in [0.2, 0.25) is 0 Å². The smallest absolute Gasteiger partial charge is 0.0546 e. The molecule has 0 heterocycles. The second-order valence-corrected chi connectivity index (χ2v) is 13.4. The van der Waals surface area contributed by atoms with Crippen molar-refractivity contribution in [1.82, 2.24) is 0 Å². The van der Waals surface area contributed by atoms with Gasteiger partial charge >= 0.3 is 0 Å². The lowest BCUT2D eigenvalue weighted by atomic mass is 9.66. The minimum Gasteiger partial charge on any atom is -0.310 e. The van der Waals surface area contributed by atoms with Crippen molar-refractivity contribution < 1.29 is 0 Å². The average Bonchev–Trinajstić information content (AvgIpc) is 3.15. The third-order valence-electron chi connectivity index (χ3n) is 10.2. The van der Waals surface area contributed by atoms with E-state index in [-0.39, 0.29) is 5.41 Å². The zero-order valence-corrected chi connectivity index (χ0v) is 27.2. The highest BCUT2D eigenvalue weighted by Gasteiger charge is 2.37. The summed E-state index contributed by atoms with van der Waals surface area (Å²) in [5, 5.41) is 5.07. The Morgan fingerprint density at radius 2 is 1.00 bits per heavy atom. The van der Waals surface area contributed by atoms with Crippen molar-refractivity contribution in [1.29, 1.82) is 0 Å². The topological polar surface area (TPSA) is 3.24 Å². The van der Waals surface area contributed by atoms with Gasteiger partial charge in [-0.25, -0.2) is 0 Å². The Morgan fingerprint density at radius 3 is 1.77 bits per heavy atom. The molecule has 48 heavy (non-hydrogen) atoms. The predicted molar refractivity (Wildman–Crippen MR) is 205 cm³/mol. The fraction of sp³-hybridized carbons (Fsp3) is 0.0638. The largest absolute Gasteiger partial charge is 0.310 e. The molecule has 1 nitrogen and oxygen atoms in total. The van der Waals surface area contributed by atoms with Crippen molar-refractivity contribution in [2.75, 3.05) is 4.90 Å². The van der Waals surface area contributed by atoms with Crippen LogP contribution < -0.4 is 4.90 Å². The molecule has 0 amide bonds. The van der Waals surface area contributed by atoms with Gasteiger partial charge in [0.05, 0.1) is 5.69 Å². The van der Waals surface area contributed by atoms with Crippen LogP contribution in [0.4, 0.5) is 17.1 Å². The number of benzene rings is 8. The summed E-state index contributed by atoms with van der Waals surface area (Å²) >= 11 is 0. The van der Waals surface area contributed by atoms with Gasteiger partial charge in [0, 0.05) is 22.4 Å². The molecule has 0 radical (unpaired) electrons. The van der Waals surface area contributed by atoms with Crippen molar-refractivity contribution in [2.45, 2.75) is 19.3 Å². The molecule has 8 aromatic rings. The molecular weight excluding hydrogens is 579 g/mol. The SMILES string of the molecule is CC1(C)c2c(-c3ccccc3)cccc2-c2c(N(c3ccc(-c4ccccc4)cc3)c3ccc4ccccc4c3)ccc3cccc1c23. The fourth-order valence-electron chi connectivity index (χ4n) is 7.95. The minimum atomic E-state index is -0.196. The first-order chi connectivity index (χ1) is 23.6. The van der Waals surface area contributed by atoms with Crippen LogP contribution >= 0.6 is 0 Å². The van der Waals surface area contributed by atoms with Gasteiger partial charge in [0.1, 0.15) is 0 Å². The van der Waals surface area contributed by atoms with Crippen LogP contribution in [0, 0.1) is 0 Å². The summed E-state index contributed by atoms with van der Waals surface area (Å²) < 4.78 is 0. The zero-order chi connectivity index (χ0) is 32.2. The van der Waals surface area contributed by atoms with E-state index in [0.717, 1.165) is 11.4 Å². The Morgan fingerprint density at radius 1 is 0.417 bits per heavy atom. The van der Waals surface area contributed by atoms with Gasteiger partial charge < -0.3 is 4.90 Å². The molecule has 9 rings (SSSR count). The van der Waals surface area contributed by atoms with Gasteiger partial charge in [-0.2, -0.15) is 0 Å². The van der Waals surface area contributed by atoms with Gasteiger partial charge in [-0.15, -0.1) is 0 Å². The van der Waals surface area contributed by atoms with E-state index in [1.807, 2.05) is 0 Å². The maximum absolute atomic E-state index is 2.46. The van der Waals surface area contributed by atoms with E-state index in [1.165, 1.54) is 71.7 Å². The standard InChI is InChI=1S/C47H35N/c1-47(2)42-22-11-19-36-26-30-43(45(44(36)42)41-21-12-20-40(46(41)47)35-16-7-4-8-17-35)48(39-29-25-33-15-9-10-18-37(33)31-39)38-27-23-34(24-28-38)32-13-5-3-6-14-32/h3-31H,1-2H3. The van der Waals surface area contributed by atoms with E-state index in [1.54, 1.807) is 0 Å². The number of anilines is 3. The molecule has 8 aromatic carbocycles. The van der Waals surface area contributed by atoms with Gasteiger partial charge in [-0.3, -0.25) is 0 Å². The van der Waals surface area contributed by atoms with Gasteiger partial charge in [0.25, 0.3) is 0 Å². The van der Waals surface area contributed by atoms with E-state index in [0.29, 0.717) is 0 Å². The predicted octanol–water partition coefficient (Wildman–Crippen LogP) is 13.1. The zero-order valence-electron chi connectivity index (χ0n) is 27.2. The molecule has 0 N–H and O–H groups in total. The number of nitrogens with zero attached hydrogens (tertiary/aromatic N) is 1. The van der Waals surface area contributed by atoms with E-state index < -0.39 is 0 Å². The van der Waals surface area contributed by atoms with Crippen LogP contribution in [-0.4, -0.2) is 0 Å². The Balaban J connectivity index is 1.35. The molecular formula is C47H35N. The second kappa shape index (κ2) is 11.1. The van der Waals surface area contributed by atoms with E-state index >= 15 is 0 Å². The molecule has 0 bridgehead atoms. The third-order valence-corrected chi connectivity index (χ3v) is 10.2. The molecule has 0 atom stereocenters. The van der Waals surface area contributed by atoms with Gasteiger partial charge in [-0.1, -0.05) is 159 Å². The number of fused-ring (bicyclic) bond motifs is 3. The maximum atomic E-state index is 2.46. The van der Waals surface area contributed by atoms with Crippen LogP contribution in [0.2, 0.25) is 0 Å². The van der Waals surface area contributed by atoms with Crippen molar-refractivity contribution in [2.24, 2.45) is 0 Å². The van der Waals surface area contributed by atoms with Crippen LogP contribution in [0.25, 0.3) is 54.9 Å². The first-order valence-electron chi connectivity index (χ1n) is 16.8. The quantitative estimate of drug-likeness (QED) is 0.187. The van der Waals surface area contributed by atoms with Crippen molar-refractivity contribution in [3.05, 3.63) is 187 Å². The second-order valence-electron chi connectivity index (χ2n) is 13.4. The molecule has 0 fully saturated rings. The molecule has 0 spiro atoms. The van der Waals surface area contributed by atoms with Crippen LogP contribution in [0.3, 0.4) is 0 Å². The molecule has 0 saturated carbocycles. The molecule has 0 aliphatic heterocycles. The normalized spacial score (nSPS) is 13.0. The van der Waals surface area contributed by atoms with E-state index in [4.69, 9.17) is 0 Å². The van der Waals surface area contributed by atoms with Crippen molar-refractivity contribution >= 4 is 38.6 Å². The third kappa shape index (κ3) is 4.47. The lowest BCUT2D eigenvalue weighted by molar-refractivity contribution is 0.647. The summed E-state index contributed by atoms with van der Waals surface area (Å²) in [4.78, 5) is 2.46. The first-order valence-corrected chi connectivity index (χ1v) is 16.8. The molecule has 1 heteroatoms. The monoisotopic (exact) mass is 613 g/mol. The Kier molecular flexibility index (Phi) is 6.55. The van der Waals surface area contributed by atoms with Crippen molar-refractivity contribution in [3.63, 3.8) is 0 Å². The lowest BCUT2D eigenvalue weighted by Crippen LogP contribution is -2.25. The fourth-order valence-corrected chi connectivity index (χ4v) is 7.95. The molecule has 228 valence electrons. The Hall–Kier alpha value is -5.92. The molecule has 0 aromatic heterocycles. The van der Waals surface area contributed by atoms with Gasteiger partial charge in [0.15, 0.2) is 0 Å². The lowest BCUT2D eigenvalue weighted by Gasteiger charge is -2.39. The van der Waals surface area contributed by atoms with Crippen LogP contribution in [0.5, 0.6) is 0 Å². The van der Waals surface area contributed by atoms with E-state index in [9.17, 15) is 0 Å². The number of rotatable bonds is 5. The minimum absolute atomic E-state index is 0.196. The summed E-state index contributed by atoms with van der Waals surface area (Å²) in [5.41, 5.74) is 13.5. The molecule has 0 unspecified atom stereocenters. The van der Waals surface area contributed by atoms with Crippen LogP contribution in [-0.2, 0) is 5.41 Å². The van der Waals surface area contributed by atoms with Crippen LogP contribution in [0.1, 0.15) is 25.0 Å². The molecule has 1 aliphatic carbocycles. The molecule has 1 aliphatic rings. The maximum Gasteiger partial charge on any atom is 0.0546 e. The Labute approximate surface area is 282 Å². The van der Waals surface area contributed by atoms with Gasteiger partial charge in [-0.05, 0) is 90.8 Å². The number of hydrogen-bond acceptors (Lipinski definition) is 1. The number of hydrogen-bond donors (Lipinski definition) is 0. The summed E-state index contributed by atoms with van der Waals surface area (Å²) in [7, 11) is 0. The van der Waals surface area contributed by atoms with Crippen molar-refractivity contribution in [3.8, 4) is 33.4 Å². The van der Waals surface area contributed by atoms with Crippen LogP contribution in [0.15, 0.2) is 176 Å².